The number of aromatic nitrogens is 3. The molecule has 0 bridgehead atoms. The smallest absolute Gasteiger partial charge is 0.337 e. The molecule has 0 spiro atoms. The topological polar surface area (TPSA) is 89.2 Å². The SMILES string of the molecule is CN1CCC[C@@H]1C(=O)N[C@H]1CC[C@@H](n2c(=O)c3cc(F)cnc3n(-c3cccc(I)c3)c2=O)CC1. The quantitative estimate of drug-likeness (QED) is 0.472. The van der Waals surface area contributed by atoms with Gasteiger partial charge in [-0.3, -0.25) is 19.1 Å². The molecule has 2 fully saturated rings. The van der Waals surface area contributed by atoms with Crippen LogP contribution in [0.25, 0.3) is 16.7 Å². The molecule has 1 amide bonds. The Morgan fingerprint density at radius 1 is 1.14 bits per heavy atom. The van der Waals surface area contributed by atoms with Crippen LogP contribution in [0.4, 0.5) is 4.39 Å². The Bertz CT molecular complexity index is 1400. The van der Waals surface area contributed by atoms with Crippen LogP contribution in [0.1, 0.15) is 44.6 Å². The molecule has 1 aliphatic heterocycles. The van der Waals surface area contributed by atoms with Crippen LogP contribution in [0.2, 0.25) is 0 Å². The van der Waals surface area contributed by atoms with Gasteiger partial charge in [-0.1, -0.05) is 6.07 Å². The minimum absolute atomic E-state index is 0.0148. The first-order chi connectivity index (χ1) is 16.8. The number of likely N-dealkylation sites (tertiary alicyclic amines) is 1. The lowest BCUT2D eigenvalue weighted by Gasteiger charge is -2.31. The van der Waals surface area contributed by atoms with Gasteiger partial charge in [-0.25, -0.2) is 18.7 Å². The fourth-order valence-corrected chi connectivity index (χ4v) is 5.90. The van der Waals surface area contributed by atoms with Crippen molar-refractivity contribution in [1.29, 1.82) is 0 Å². The summed E-state index contributed by atoms with van der Waals surface area (Å²) in [5.74, 6) is -0.573. The number of benzene rings is 1. The normalized spacial score (nSPS) is 23.0. The predicted molar refractivity (Wildman–Crippen MR) is 139 cm³/mol. The van der Waals surface area contributed by atoms with Crippen molar-refractivity contribution >= 4 is 39.5 Å². The zero-order valence-corrected chi connectivity index (χ0v) is 21.6. The predicted octanol–water partition coefficient (Wildman–Crippen LogP) is 2.99. The maximum Gasteiger partial charge on any atom is 0.337 e. The molecule has 0 radical (unpaired) electrons. The summed E-state index contributed by atoms with van der Waals surface area (Å²) in [5, 5.41) is 3.23. The van der Waals surface area contributed by atoms with Crippen molar-refractivity contribution in [3.05, 3.63) is 66.8 Å². The molecule has 2 aromatic heterocycles. The number of hydrogen-bond donors (Lipinski definition) is 1. The van der Waals surface area contributed by atoms with E-state index in [4.69, 9.17) is 0 Å². The average molecular weight is 591 g/mol. The van der Waals surface area contributed by atoms with E-state index in [2.05, 4.69) is 37.8 Å². The van der Waals surface area contributed by atoms with E-state index in [1.54, 1.807) is 6.07 Å². The molecule has 1 atom stereocenters. The minimum Gasteiger partial charge on any atom is -0.352 e. The Labute approximate surface area is 215 Å². The van der Waals surface area contributed by atoms with E-state index in [9.17, 15) is 18.8 Å². The highest BCUT2D eigenvalue weighted by Gasteiger charge is 2.32. The Hall–Kier alpha value is -2.60. The molecule has 5 rings (SSSR count). The van der Waals surface area contributed by atoms with Gasteiger partial charge < -0.3 is 5.32 Å². The van der Waals surface area contributed by atoms with E-state index in [1.807, 2.05) is 25.2 Å². The fraction of sp³-hybridized carbons (Fsp3) is 0.440. The molecule has 1 saturated carbocycles. The summed E-state index contributed by atoms with van der Waals surface area (Å²) < 4.78 is 17.6. The van der Waals surface area contributed by atoms with E-state index in [0.29, 0.717) is 31.4 Å². The van der Waals surface area contributed by atoms with E-state index in [1.165, 1.54) is 9.13 Å². The van der Waals surface area contributed by atoms with Gasteiger partial charge in [0.15, 0.2) is 5.65 Å². The molecule has 0 unspecified atom stereocenters. The third-order valence-electron chi connectivity index (χ3n) is 7.19. The van der Waals surface area contributed by atoms with Gasteiger partial charge in [0.05, 0.1) is 23.3 Å². The molecule has 3 heterocycles. The van der Waals surface area contributed by atoms with Gasteiger partial charge in [0.2, 0.25) is 5.91 Å². The summed E-state index contributed by atoms with van der Waals surface area (Å²) >= 11 is 2.16. The summed E-state index contributed by atoms with van der Waals surface area (Å²) in [4.78, 5) is 45.9. The van der Waals surface area contributed by atoms with Crippen LogP contribution >= 0.6 is 22.6 Å². The maximum atomic E-state index is 14.1. The first kappa shape index (κ1) is 24.1. The zero-order valence-electron chi connectivity index (χ0n) is 19.4. The van der Waals surface area contributed by atoms with Crippen molar-refractivity contribution in [1.82, 2.24) is 24.3 Å². The number of rotatable bonds is 4. The Kier molecular flexibility index (Phi) is 6.75. The number of carbonyl (C=O) groups excluding carboxylic acids is 1. The highest BCUT2D eigenvalue weighted by molar-refractivity contribution is 14.1. The number of amides is 1. The van der Waals surface area contributed by atoms with Gasteiger partial charge in [-0.15, -0.1) is 0 Å². The van der Waals surface area contributed by atoms with E-state index in [-0.39, 0.29) is 35.1 Å². The first-order valence-electron chi connectivity index (χ1n) is 11.9. The summed E-state index contributed by atoms with van der Waals surface area (Å²) in [6, 6.07) is 8.07. The van der Waals surface area contributed by atoms with Crippen LogP contribution in [0.3, 0.4) is 0 Å². The molecule has 1 aliphatic carbocycles. The number of nitrogens with one attached hydrogen (secondary N) is 1. The number of halogens is 2. The van der Waals surface area contributed by atoms with Gasteiger partial charge >= 0.3 is 5.69 Å². The minimum atomic E-state index is -0.628. The van der Waals surface area contributed by atoms with Crippen molar-refractivity contribution in [2.24, 2.45) is 0 Å². The monoisotopic (exact) mass is 591 g/mol. The van der Waals surface area contributed by atoms with E-state index >= 15 is 0 Å². The largest absolute Gasteiger partial charge is 0.352 e. The maximum absolute atomic E-state index is 14.1. The molecule has 1 saturated heterocycles. The van der Waals surface area contributed by atoms with E-state index in [0.717, 1.165) is 35.2 Å². The van der Waals surface area contributed by atoms with E-state index < -0.39 is 17.1 Å². The average Bonchev–Trinajstić information content (AvgIpc) is 3.27. The molecule has 2 aliphatic rings. The first-order valence-corrected chi connectivity index (χ1v) is 13.0. The van der Waals surface area contributed by atoms with Crippen molar-refractivity contribution < 1.29 is 9.18 Å². The number of carbonyl (C=O) groups is 1. The number of fused-ring (bicyclic) bond motifs is 1. The molecule has 184 valence electrons. The second-order valence-electron chi connectivity index (χ2n) is 9.45. The van der Waals surface area contributed by atoms with Crippen molar-refractivity contribution in [3.8, 4) is 5.69 Å². The lowest BCUT2D eigenvalue weighted by molar-refractivity contribution is -0.126. The standard InChI is InChI=1S/C25H27FIN5O3/c1-30-11-3-6-21(30)23(33)29-17-7-9-18(10-8-17)32-24(34)20-12-15(26)14-28-22(20)31(25(32)35)19-5-2-4-16(27)13-19/h2,4-5,12-14,17-18,21H,3,6-11H2,1H3,(H,29,33)/t17-,18+,21-/m1/s1. The fourth-order valence-electron chi connectivity index (χ4n) is 5.37. The summed E-state index contributed by atoms with van der Waals surface area (Å²) in [6.45, 7) is 0.928. The molecule has 1 N–H and O–H groups in total. The van der Waals surface area contributed by atoms with Gasteiger partial charge in [0, 0.05) is 15.7 Å². The van der Waals surface area contributed by atoms with Gasteiger partial charge in [0.1, 0.15) is 5.82 Å². The molecular weight excluding hydrogens is 564 g/mol. The summed E-state index contributed by atoms with van der Waals surface area (Å²) in [5.41, 5.74) is -0.301. The van der Waals surface area contributed by atoms with Crippen molar-refractivity contribution in [3.63, 3.8) is 0 Å². The Morgan fingerprint density at radius 3 is 2.60 bits per heavy atom. The highest BCUT2D eigenvalue weighted by Crippen LogP contribution is 2.28. The summed E-state index contributed by atoms with van der Waals surface area (Å²) in [6.07, 6.45) is 5.39. The molecular formula is C25H27FIN5O3. The number of pyridine rings is 1. The van der Waals surface area contributed by atoms with Crippen molar-refractivity contribution in [2.75, 3.05) is 13.6 Å². The number of nitrogens with zero attached hydrogens (tertiary/aromatic N) is 4. The Morgan fingerprint density at radius 2 is 1.91 bits per heavy atom. The number of likely N-dealkylation sites (N-methyl/N-ethyl adjacent to an activating group) is 1. The molecule has 10 heteroatoms. The molecule has 3 aromatic rings. The second kappa shape index (κ2) is 9.81. The lowest BCUT2D eigenvalue weighted by Crippen LogP contribution is -2.48. The van der Waals surface area contributed by atoms with Crippen LogP contribution in [0, 0.1) is 9.39 Å². The van der Waals surface area contributed by atoms with Gasteiger partial charge in [0.25, 0.3) is 5.56 Å². The third-order valence-corrected chi connectivity index (χ3v) is 7.86. The van der Waals surface area contributed by atoms with Crippen LogP contribution in [0.5, 0.6) is 0 Å². The second-order valence-corrected chi connectivity index (χ2v) is 10.7. The lowest BCUT2D eigenvalue weighted by atomic mass is 9.90. The van der Waals surface area contributed by atoms with Crippen LogP contribution in [0.15, 0.2) is 46.1 Å². The Balaban J connectivity index is 1.47. The van der Waals surface area contributed by atoms with Gasteiger partial charge in [-0.2, -0.15) is 0 Å². The zero-order chi connectivity index (χ0) is 24.7. The molecule has 35 heavy (non-hydrogen) atoms. The number of hydrogen-bond acceptors (Lipinski definition) is 5. The highest BCUT2D eigenvalue weighted by atomic mass is 127. The van der Waals surface area contributed by atoms with Crippen LogP contribution in [-0.4, -0.2) is 50.6 Å². The van der Waals surface area contributed by atoms with Gasteiger partial charge in [-0.05, 0) is 99.0 Å². The summed E-state index contributed by atoms with van der Waals surface area (Å²) in [7, 11) is 1.97. The third kappa shape index (κ3) is 4.65. The van der Waals surface area contributed by atoms with Crippen LogP contribution in [-0.2, 0) is 4.79 Å². The molecule has 8 nitrogen and oxygen atoms in total. The molecule has 1 aromatic carbocycles. The van der Waals surface area contributed by atoms with Crippen LogP contribution < -0.4 is 16.6 Å². The van der Waals surface area contributed by atoms with Crippen molar-refractivity contribution in [2.45, 2.75) is 56.7 Å².